The summed E-state index contributed by atoms with van der Waals surface area (Å²) in [6, 6.07) is 4.28. The van der Waals surface area contributed by atoms with Gasteiger partial charge in [-0.25, -0.2) is 0 Å². The minimum atomic E-state index is 0.150. The Kier molecular flexibility index (Phi) is 5.14. The Morgan fingerprint density at radius 2 is 1.65 bits per heavy atom. The first-order chi connectivity index (χ1) is 8.19. The van der Waals surface area contributed by atoms with E-state index < -0.39 is 0 Å². The summed E-state index contributed by atoms with van der Waals surface area (Å²) >= 11 is 0. The van der Waals surface area contributed by atoms with Crippen LogP contribution in [-0.4, -0.2) is 5.78 Å². The van der Waals surface area contributed by atoms with Crippen LogP contribution in [0.25, 0.3) is 0 Å². The molecule has 1 aromatic rings. The van der Waals surface area contributed by atoms with E-state index in [9.17, 15) is 4.79 Å². The zero-order valence-corrected chi connectivity index (χ0v) is 11.3. The maximum absolute atomic E-state index is 12.2. The molecule has 0 radical (unpaired) electrons. The van der Waals surface area contributed by atoms with Crippen LogP contribution in [0.4, 0.5) is 0 Å². The van der Waals surface area contributed by atoms with Crippen LogP contribution in [0.1, 0.15) is 54.7 Å². The summed E-state index contributed by atoms with van der Waals surface area (Å²) in [6.45, 7) is 8.26. The first kappa shape index (κ1) is 13.7. The van der Waals surface area contributed by atoms with E-state index in [1.54, 1.807) is 6.08 Å². The summed E-state index contributed by atoms with van der Waals surface area (Å²) in [5, 5.41) is 0. The van der Waals surface area contributed by atoms with E-state index in [0.717, 1.165) is 24.8 Å². The average molecular weight is 230 g/mol. The van der Waals surface area contributed by atoms with Gasteiger partial charge in [0.1, 0.15) is 0 Å². The molecule has 0 atom stereocenters. The summed E-state index contributed by atoms with van der Waals surface area (Å²) in [5.41, 5.74) is 4.64. The minimum Gasteiger partial charge on any atom is -0.289 e. The van der Waals surface area contributed by atoms with E-state index in [4.69, 9.17) is 0 Å². The van der Waals surface area contributed by atoms with Crippen LogP contribution >= 0.6 is 0 Å². The van der Waals surface area contributed by atoms with Crippen molar-refractivity contribution in [2.75, 3.05) is 0 Å². The first-order valence-electron chi connectivity index (χ1n) is 6.50. The van der Waals surface area contributed by atoms with Gasteiger partial charge in [0, 0.05) is 5.56 Å². The molecule has 1 rings (SSSR count). The van der Waals surface area contributed by atoms with Gasteiger partial charge >= 0.3 is 0 Å². The van der Waals surface area contributed by atoms with Crippen molar-refractivity contribution in [1.29, 1.82) is 0 Å². The topological polar surface area (TPSA) is 17.1 Å². The maximum atomic E-state index is 12.2. The van der Waals surface area contributed by atoms with Gasteiger partial charge in [-0.3, -0.25) is 4.79 Å². The molecule has 0 spiro atoms. The molecule has 17 heavy (non-hydrogen) atoms. The van der Waals surface area contributed by atoms with E-state index >= 15 is 0 Å². The third-order valence-corrected chi connectivity index (χ3v) is 3.18. The molecule has 1 aromatic carbocycles. The zero-order chi connectivity index (χ0) is 12.8. The summed E-state index contributed by atoms with van der Waals surface area (Å²) in [7, 11) is 0. The number of aryl methyl sites for hydroxylation is 2. The fourth-order valence-corrected chi connectivity index (χ4v) is 2.31. The first-order valence-corrected chi connectivity index (χ1v) is 6.50. The molecule has 0 N–H and O–H groups in total. The van der Waals surface area contributed by atoms with Crippen molar-refractivity contribution in [2.45, 2.75) is 47.0 Å². The number of benzene rings is 1. The molecule has 0 amide bonds. The van der Waals surface area contributed by atoms with Crippen LogP contribution < -0.4 is 0 Å². The van der Waals surface area contributed by atoms with Gasteiger partial charge in [-0.15, -0.1) is 0 Å². The van der Waals surface area contributed by atoms with Crippen LogP contribution in [0.15, 0.2) is 24.3 Å². The maximum Gasteiger partial charge on any atom is 0.186 e. The number of hydrogen-bond acceptors (Lipinski definition) is 1. The third-order valence-electron chi connectivity index (χ3n) is 3.18. The molecule has 1 heteroatoms. The lowest BCUT2D eigenvalue weighted by molar-refractivity contribution is 0.104. The standard InChI is InChI=1S/C16H22O/c1-5-9-15(17)16-13(7-3)11-10-12(6-2)14(16)8-4/h5,9-11H,6-8H2,1-4H3/b9-5+. The van der Waals surface area contributed by atoms with Crippen molar-refractivity contribution >= 4 is 5.78 Å². The SMILES string of the molecule is C/C=C/C(=O)c1c(CC)ccc(CC)c1CC. The third kappa shape index (κ3) is 2.85. The Morgan fingerprint density at radius 3 is 2.12 bits per heavy atom. The van der Waals surface area contributed by atoms with Gasteiger partial charge in [0.25, 0.3) is 0 Å². The fourth-order valence-electron chi connectivity index (χ4n) is 2.31. The lowest BCUT2D eigenvalue weighted by atomic mass is 9.89. The predicted octanol–water partition coefficient (Wildman–Crippen LogP) is 4.13. The van der Waals surface area contributed by atoms with Crippen molar-refractivity contribution in [1.82, 2.24) is 0 Å². The van der Waals surface area contributed by atoms with Crippen LogP contribution in [0.5, 0.6) is 0 Å². The summed E-state index contributed by atoms with van der Waals surface area (Å²) in [5.74, 6) is 0.150. The van der Waals surface area contributed by atoms with Crippen LogP contribution in [0, 0.1) is 0 Å². The second-order valence-corrected chi connectivity index (χ2v) is 4.16. The highest BCUT2D eigenvalue weighted by Crippen LogP contribution is 2.22. The smallest absolute Gasteiger partial charge is 0.186 e. The summed E-state index contributed by atoms with van der Waals surface area (Å²) in [6.07, 6.45) is 6.32. The van der Waals surface area contributed by atoms with Crippen LogP contribution in [-0.2, 0) is 19.3 Å². The lowest BCUT2D eigenvalue weighted by Gasteiger charge is -2.14. The highest BCUT2D eigenvalue weighted by Gasteiger charge is 2.14. The number of allylic oxidation sites excluding steroid dienone is 2. The molecule has 0 saturated carbocycles. The van der Waals surface area contributed by atoms with Gasteiger partial charge in [0.15, 0.2) is 5.78 Å². The number of rotatable bonds is 5. The molecule has 0 aliphatic carbocycles. The van der Waals surface area contributed by atoms with Gasteiger partial charge < -0.3 is 0 Å². The largest absolute Gasteiger partial charge is 0.289 e. The Labute approximate surface area is 105 Å². The van der Waals surface area contributed by atoms with E-state index in [1.807, 2.05) is 13.0 Å². The quantitative estimate of drug-likeness (QED) is 0.549. The molecule has 1 nitrogen and oxygen atoms in total. The Hall–Kier alpha value is -1.37. The number of carbonyl (C=O) groups excluding carboxylic acids is 1. The summed E-state index contributed by atoms with van der Waals surface area (Å²) in [4.78, 5) is 12.2. The molecule has 0 bridgehead atoms. The van der Waals surface area contributed by atoms with Gasteiger partial charge in [0.2, 0.25) is 0 Å². The number of ketones is 1. The molecule has 0 heterocycles. The van der Waals surface area contributed by atoms with Gasteiger partial charge in [-0.1, -0.05) is 39.0 Å². The van der Waals surface area contributed by atoms with Gasteiger partial charge in [-0.2, -0.15) is 0 Å². The van der Waals surface area contributed by atoms with Crippen molar-refractivity contribution < 1.29 is 4.79 Å². The Balaban J connectivity index is 3.44. The molecular weight excluding hydrogens is 208 g/mol. The molecule has 0 aromatic heterocycles. The summed E-state index contributed by atoms with van der Waals surface area (Å²) < 4.78 is 0. The molecule has 0 unspecified atom stereocenters. The van der Waals surface area contributed by atoms with Crippen molar-refractivity contribution in [3.8, 4) is 0 Å². The average Bonchev–Trinajstić information content (AvgIpc) is 2.36. The number of hydrogen-bond donors (Lipinski definition) is 0. The highest BCUT2D eigenvalue weighted by atomic mass is 16.1. The molecule has 0 fully saturated rings. The molecule has 0 aliphatic rings. The van der Waals surface area contributed by atoms with Gasteiger partial charge in [-0.05, 0) is 49.0 Å². The number of carbonyl (C=O) groups is 1. The van der Waals surface area contributed by atoms with E-state index in [1.165, 1.54) is 16.7 Å². The second-order valence-electron chi connectivity index (χ2n) is 4.16. The normalized spacial score (nSPS) is 11.1. The van der Waals surface area contributed by atoms with E-state index in [-0.39, 0.29) is 5.78 Å². The van der Waals surface area contributed by atoms with Crippen molar-refractivity contribution in [3.63, 3.8) is 0 Å². The van der Waals surface area contributed by atoms with Crippen LogP contribution in [0.2, 0.25) is 0 Å². The van der Waals surface area contributed by atoms with Crippen molar-refractivity contribution in [3.05, 3.63) is 46.5 Å². The monoisotopic (exact) mass is 230 g/mol. The van der Waals surface area contributed by atoms with E-state index in [0.29, 0.717) is 0 Å². The highest BCUT2D eigenvalue weighted by molar-refractivity contribution is 6.06. The second kappa shape index (κ2) is 6.39. The molecule has 0 saturated heterocycles. The molecule has 92 valence electrons. The van der Waals surface area contributed by atoms with Crippen molar-refractivity contribution in [2.24, 2.45) is 0 Å². The lowest BCUT2D eigenvalue weighted by Crippen LogP contribution is -2.08. The fraction of sp³-hybridized carbons (Fsp3) is 0.438. The Bertz CT molecular complexity index is 427. The molecule has 0 aliphatic heterocycles. The van der Waals surface area contributed by atoms with Gasteiger partial charge in [0.05, 0.1) is 0 Å². The predicted molar refractivity (Wildman–Crippen MR) is 73.7 cm³/mol. The minimum absolute atomic E-state index is 0.150. The molecular formula is C16H22O. The van der Waals surface area contributed by atoms with Crippen LogP contribution in [0.3, 0.4) is 0 Å². The van der Waals surface area contributed by atoms with E-state index in [2.05, 4.69) is 32.9 Å². The Morgan fingerprint density at radius 1 is 1.06 bits per heavy atom. The zero-order valence-electron chi connectivity index (χ0n) is 11.3.